The average Bonchev–Trinajstić information content (AvgIpc) is 1.82. The molecule has 0 bridgehead atoms. The van der Waals surface area contributed by atoms with Crippen molar-refractivity contribution < 1.29 is 31.0 Å². The maximum Gasteiger partial charge on any atom is 0.281 e. The second-order valence-corrected chi connectivity index (χ2v) is 6.29. The molecule has 7 nitrogen and oxygen atoms in total. The van der Waals surface area contributed by atoms with Gasteiger partial charge in [0.15, 0.2) is 4.71 Å². The summed E-state index contributed by atoms with van der Waals surface area (Å²) in [5, 5.41) is 7.86. The zero-order valence-electron chi connectivity index (χ0n) is 7.16. The average molecular weight is 271 g/mol. The van der Waals surface area contributed by atoms with E-state index in [1.807, 2.05) is 0 Å². The minimum Gasteiger partial charge on any atom is -0.395 e. The van der Waals surface area contributed by atoms with E-state index in [0.717, 1.165) is 0 Å². The Hall–Kier alpha value is 0.0700. The van der Waals surface area contributed by atoms with Crippen molar-refractivity contribution in [2.45, 2.75) is 11.6 Å². The topological polar surface area (TPSA) is 129 Å². The van der Waals surface area contributed by atoms with Crippen LogP contribution in [0.15, 0.2) is 0 Å². The highest BCUT2D eigenvalue weighted by Gasteiger charge is 2.11. The van der Waals surface area contributed by atoms with Crippen LogP contribution in [-0.4, -0.2) is 48.1 Å². The molecule has 0 amide bonds. The van der Waals surface area contributed by atoms with Crippen LogP contribution in [0.3, 0.4) is 0 Å². The van der Waals surface area contributed by atoms with Crippen LogP contribution < -0.4 is 0 Å². The Kier molecular flexibility index (Phi) is 7.70. The number of hydrogen-bond acceptors (Lipinski definition) is 5. The molecule has 1 unspecified atom stereocenters. The summed E-state index contributed by atoms with van der Waals surface area (Å²) >= 11 is 4.92. The summed E-state index contributed by atoms with van der Waals surface area (Å²) in [7, 11) is -7.90. The minimum absolute atomic E-state index is 0.529. The summed E-state index contributed by atoms with van der Waals surface area (Å²) in [6.07, 6.45) is 0. The van der Waals surface area contributed by atoms with Gasteiger partial charge in [0.2, 0.25) is 0 Å². The molecule has 0 aromatic heterocycles. The van der Waals surface area contributed by atoms with Gasteiger partial charge in [0.05, 0.1) is 12.4 Å². The van der Waals surface area contributed by atoms with E-state index >= 15 is 0 Å². The van der Waals surface area contributed by atoms with Crippen LogP contribution in [-0.2, 0) is 20.2 Å². The summed E-state index contributed by atoms with van der Waals surface area (Å²) in [5.74, 6) is -0.576. The second kappa shape index (κ2) is 6.53. The Morgan fingerprint density at radius 1 is 1.21 bits per heavy atom. The van der Waals surface area contributed by atoms with Crippen molar-refractivity contribution >= 4 is 31.8 Å². The maximum atomic E-state index is 9.75. The van der Waals surface area contributed by atoms with E-state index in [1.54, 1.807) is 0 Å². The van der Waals surface area contributed by atoms with E-state index in [0.29, 0.717) is 0 Å². The molecule has 10 heteroatoms. The molecule has 0 aromatic carbocycles. The first-order valence-electron chi connectivity index (χ1n) is 3.17. The molecule has 14 heavy (non-hydrogen) atoms. The summed E-state index contributed by atoms with van der Waals surface area (Å²) in [4.78, 5) is 0. The van der Waals surface area contributed by atoms with Gasteiger partial charge in [-0.1, -0.05) is 0 Å². The van der Waals surface area contributed by atoms with Crippen molar-refractivity contribution in [3.8, 4) is 0 Å². The SMILES string of the molecule is CC(Cl)S(=O)(=O)O.O=S(=O)(O)CCO. The molecule has 0 saturated carbocycles. The first-order valence-corrected chi connectivity index (χ1v) is 6.72. The van der Waals surface area contributed by atoms with E-state index in [4.69, 9.17) is 25.8 Å². The number of aliphatic hydroxyl groups is 1. The summed E-state index contributed by atoms with van der Waals surface area (Å²) in [6, 6.07) is 0. The van der Waals surface area contributed by atoms with Crippen LogP contribution in [0.25, 0.3) is 0 Å². The third-order valence-corrected chi connectivity index (χ3v) is 2.95. The summed E-state index contributed by atoms with van der Waals surface area (Å²) < 4.78 is 53.3. The molecule has 0 rings (SSSR count). The van der Waals surface area contributed by atoms with Crippen molar-refractivity contribution in [1.29, 1.82) is 0 Å². The summed E-state index contributed by atoms with van der Waals surface area (Å²) in [6.45, 7) is 0.649. The second-order valence-electron chi connectivity index (χ2n) is 2.07. The fourth-order valence-electron chi connectivity index (χ4n) is 0.115. The van der Waals surface area contributed by atoms with Crippen molar-refractivity contribution in [3.05, 3.63) is 0 Å². The smallest absolute Gasteiger partial charge is 0.281 e. The molecular formula is C4H11ClO7S2. The lowest BCUT2D eigenvalue weighted by atomic mass is 10.9. The lowest BCUT2D eigenvalue weighted by molar-refractivity contribution is 0.315. The Balaban J connectivity index is 0. The molecular weight excluding hydrogens is 260 g/mol. The van der Waals surface area contributed by atoms with Crippen LogP contribution in [0.5, 0.6) is 0 Å². The number of hydrogen-bond donors (Lipinski definition) is 3. The van der Waals surface area contributed by atoms with Crippen LogP contribution in [0.1, 0.15) is 6.92 Å². The van der Waals surface area contributed by atoms with E-state index in [9.17, 15) is 16.8 Å². The first kappa shape index (κ1) is 16.5. The monoisotopic (exact) mass is 270 g/mol. The molecule has 0 radical (unpaired) electrons. The van der Waals surface area contributed by atoms with E-state index in [-0.39, 0.29) is 0 Å². The normalized spacial score (nSPS) is 14.1. The highest BCUT2D eigenvalue weighted by molar-refractivity contribution is 7.87. The fourth-order valence-corrected chi connectivity index (χ4v) is 0.346. The van der Waals surface area contributed by atoms with Gasteiger partial charge in [0, 0.05) is 0 Å². The highest BCUT2D eigenvalue weighted by Crippen LogP contribution is 1.99. The largest absolute Gasteiger partial charge is 0.395 e. The molecule has 1 atom stereocenters. The first-order chi connectivity index (χ1) is 6.00. The zero-order chi connectivity index (χ0) is 12.0. The van der Waals surface area contributed by atoms with Gasteiger partial charge in [-0.3, -0.25) is 9.11 Å². The van der Waals surface area contributed by atoms with Crippen molar-refractivity contribution in [1.82, 2.24) is 0 Å². The molecule has 0 fully saturated rings. The third-order valence-electron chi connectivity index (χ3n) is 0.760. The molecule has 0 aromatic rings. The lowest BCUT2D eigenvalue weighted by Gasteiger charge is -1.92. The van der Waals surface area contributed by atoms with Gasteiger partial charge in [0.25, 0.3) is 20.2 Å². The standard InChI is InChI=1S/C2H5ClO3S.C2H6O4S/c1-2(3)7(4,5)6;3-1-2-7(4,5)6/h2H,1H3,(H,4,5,6);3H,1-2H2,(H,4,5,6). The molecule has 0 aliphatic heterocycles. The Labute approximate surface area is 87.2 Å². The number of aliphatic hydroxyl groups excluding tert-OH is 1. The van der Waals surface area contributed by atoms with Gasteiger partial charge in [-0.2, -0.15) is 16.8 Å². The van der Waals surface area contributed by atoms with Gasteiger partial charge < -0.3 is 5.11 Å². The number of halogens is 1. The van der Waals surface area contributed by atoms with Gasteiger partial charge in [-0.15, -0.1) is 11.6 Å². The van der Waals surface area contributed by atoms with Crippen molar-refractivity contribution in [2.75, 3.05) is 12.4 Å². The van der Waals surface area contributed by atoms with Gasteiger partial charge in [0.1, 0.15) is 0 Å². The third kappa shape index (κ3) is 14.6. The molecule has 0 spiro atoms. The maximum absolute atomic E-state index is 9.75. The highest BCUT2D eigenvalue weighted by atomic mass is 35.5. The summed E-state index contributed by atoms with van der Waals surface area (Å²) in [5.41, 5.74) is 0. The molecule has 0 aliphatic rings. The number of rotatable bonds is 3. The zero-order valence-corrected chi connectivity index (χ0v) is 9.55. The van der Waals surface area contributed by atoms with Gasteiger partial charge in [-0.25, -0.2) is 0 Å². The lowest BCUT2D eigenvalue weighted by Crippen LogP contribution is -2.08. The van der Waals surface area contributed by atoms with E-state index in [1.165, 1.54) is 6.92 Å². The predicted molar refractivity (Wildman–Crippen MR) is 50.4 cm³/mol. The quantitative estimate of drug-likeness (QED) is 0.458. The van der Waals surface area contributed by atoms with Crippen LogP contribution in [0.4, 0.5) is 0 Å². The van der Waals surface area contributed by atoms with Crippen LogP contribution in [0, 0.1) is 0 Å². The Bertz CT molecular complexity index is 329. The molecule has 3 N–H and O–H groups in total. The Morgan fingerprint density at radius 3 is 1.50 bits per heavy atom. The van der Waals surface area contributed by atoms with E-state index < -0.39 is 37.3 Å². The van der Waals surface area contributed by atoms with Crippen LogP contribution >= 0.6 is 11.6 Å². The minimum atomic E-state index is -3.98. The van der Waals surface area contributed by atoms with Crippen LogP contribution in [0.2, 0.25) is 0 Å². The van der Waals surface area contributed by atoms with E-state index in [2.05, 4.69) is 0 Å². The molecule has 88 valence electrons. The molecule has 0 heterocycles. The fraction of sp³-hybridized carbons (Fsp3) is 1.00. The van der Waals surface area contributed by atoms with Gasteiger partial charge in [-0.05, 0) is 6.92 Å². The molecule has 0 aliphatic carbocycles. The number of alkyl halides is 1. The predicted octanol–water partition coefficient (Wildman–Crippen LogP) is -0.674. The van der Waals surface area contributed by atoms with Gasteiger partial charge >= 0.3 is 0 Å². The Morgan fingerprint density at radius 2 is 1.50 bits per heavy atom. The molecule has 0 saturated heterocycles. The van der Waals surface area contributed by atoms with Crippen molar-refractivity contribution in [2.24, 2.45) is 0 Å². The van der Waals surface area contributed by atoms with Crippen molar-refractivity contribution in [3.63, 3.8) is 0 Å².